The van der Waals surface area contributed by atoms with Crippen LogP contribution in [0.5, 0.6) is 0 Å². The van der Waals surface area contributed by atoms with E-state index in [2.05, 4.69) is 10.3 Å². The Morgan fingerprint density at radius 2 is 1.65 bits per heavy atom. The van der Waals surface area contributed by atoms with Gasteiger partial charge in [0.1, 0.15) is 5.84 Å². The molecule has 2 aromatic carbocycles. The van der Waals surface area contributed by atoms with Gasteiger partial charge >= 0.3 is 0 Å². The molecule has 0 bridgehead atoms. The van der Waals surface area contributed by atoms with Gasteiger partial charge in [0.15, 0.2) is 5.50 Å². The Hall–Kier alpha value is -1.80. The van der Waals surface area contributed by atoms with Crippen molar-refractivity contribution in [2.45, 2.75) is 5.50 Å². The highest BCUT2D eigenvalue weighted by Crippen LogP contribution is 2.33. The fraction of sp³-hybridized carbons (Fsp3) is 0.0714. The first-order chi connectivity index (χ1) is 8.34. The minimum Gasteiger partial charge on any atom is -0.340 e. The summed E-state index contributed by atoms with van der Waals surface area (Å²) in [7, 11) is 0. The highest BCUT2D eigenvalue weighted by atomic mass is 35.5. The number of rotatable bonds is 1. The molecule has 1 aliphatic heterocycles. The molecule has 0 aromatic heterocycles. The molecule has 1 aliphatic rings. The van der Waals surface area contributed by atoms with E-state index in [1.54, 1.807) is 0 Å². The molecule has 0 fully saturated rings. The van der Waals surface area contributed by atoms with Gasteiger partial charge in [-0.05, 0) is 6.07 Å². The molecule has 1 heterocycles. The third-order valence-corrected chi connectivity index (χ3v) is 3.09. The van der Waals surface area contributed by atoms with Gasteiger partial charge in [-0.25, -0.2) is 4.99 Å². The van der Waals surface area contributed by atoms with Crippen molar-refractivity contribution in [3.63, 3.8) is 0 Å². The molecule has 0 saturated carbocycles. The van der Waals surface area contributed by atoms with Crippen LogP contribution in [0.15, 0.2) is 59.6 Å². The van der Waals surface area contributed by atoms with E-state index >= 15 is 0 Å². The van der Waals surface area contributed by atoms with Crippen LogP contribution in [0.1, 0.15) is 16.6 Å². The maximum Gasteiger partial charge on any atom is 0.153 e. The molecule has 1 N–H and O–H groups in total. The Balaban J connectivity index is 2.02. The van der Waals surface area contributed by atoms with Crippen LogP contribution in [0.25, 0.3) is 0 Å². The first-order valence-corrected chi connectivity index (χ1v) is 5.91. The number of hydrogen-bond acceptors (Lipinski definition) is 2. The molecule has 0 radical (unpaired) electrons. The van der Waals surface area contributed by atoms with Crippen LogP contribution < -0.4 is 5.32 Å². The van der Waals surface area contributed by atoms with Crippen LogP contribution >= 0.6 is 11.6 Å². The number of nitrogens with zero attached hydrogens (tertiary/aromatic N) is 1. The standard InChI is InChI=1S/C14H11ClN2/c15-13-11-8-4-5-9-12(11)16-14(17-13)10-6-2-1-3-7-10/h1-9,13H,(H,16,17). The fourth-order valence-corrected chi connectivity index (χ4v) is 2.19. The van der Waals surface area contributed by atoms with Crippen molar-refractivity contribution in [2.24, 2.45) is 4.99 Å². The van der Waals surface area contributed by atoms with Crippen LogP contribution in [0.2, 0.25) is 0 Å². The lowest BCUT2D eigenvalue weighted by Crippen LogP contribution is -2.19. The van der Waals surface area contributed by atoms with E-state index in [4.69, 9.17) is 11.6 Å². The summed E-state index contributed by atoms with van der Waals surface area (Å²) >= 11 is 6.26. The topological polar surface area (TPSA) is 24.4 Å². The number of hydrogen-bond donors (Lipinski definition) is 1. The van der Waals surface area contributed by atoms with Gasteiger partial charge in [0, 0.05) is 16.8 Å². The maximum absolute atomic E-state index is 6.26. The highest BCUT2D eigenvalue weighted by molar-refractivity contribution is 6.24. The van der Waals surface area contributed by atoms with E-state index in [-0.39, 0.29) is 5.50 Å². The van der Waals surface area contributed by atoms with E-state index < -0.39 is 0 Å². The lowest BCUT2D eigenvalue weighted by molar-refractivity contribution is 1.000. The Morgan fingerprint density at radius 3 is 2.47 bits per heavy atom. The number of fused-ring (bicyclic) bond motifs is 1. The molecule has 0 spiro atoms. The van der Waals surface area contributed by atoms with Gasteiger partial charge in [-0.2, -0.15) is 0 Å². The van der Waals surface area contributed by atoms with Crippen LogP contribution in [-0.4, -0.2) is 5.84 Å². The van der Waals surface area contributed by atoms with Crippen LogP contribution in [0.4, 0.5) is 5.69 Å². The zero-order chi connectivity index (χ0) is 11.7. The van der Waals surface area contributed by atoms with Crippen LogP contribution in [0.3, 0.4) is 0 Å². The zero-order valence-electron chi connectivity index (χ0n) is 9.10. The van der Waals surface area contributed by atoms with Crippen molar-refractivity contribution in [1.82, 2.24) is 0 Å². The van der Waals surface area contributed by atoms with E-state index in [0.29, 0.717) is 0 Å². The summed E-state index contributed by atoms with van der Waals surface area (Å²) in [5.41, 5.74) is 2.78. The fourth-order valence-electron chi connectivity index (χ4n) is 1.90. The second-order valence-electron chi connectivity index (χ2n) is 3.89. The van der Waals surface area contributed by atoms with Gasteiger partial charge in [-0.15, -0.1) is 0 Å². The van der Waals surface area contributed by atoms with E-state index in [1.165, 1.54) is 0 Å². The quantitative estimate of drug-likeness (QED) is 0.597. The monoisotopic (exact) mass is 242 g/mol. The average molecular weight is 243 g/mol. The third-order valence-electron chi connectivity index (χ3n) is 2.76. The lowest BCUT2D eigenvalue weighted by Gasteiger charge is -2.21. The number of anilines is 1. The second kappa shape index (κ2) is 4.22. The predicted molar refractivity (Wildman–Crippen MR) is 71.6 cm³/mol. The Labute approximate surface area is 105 Å². The maximum atomic E-state index is 6.26. The van der Waals surface area contributed by atoms with Crippen LogP contribution in [-0.2, 0) is 0 Å². The summed E-state index contributed by atoms with van der Waals surface area (Å²) in [6, 6.07) is 18.0. The van der Waals surface area contributed by atoms with Crippen molar-refractivity contribution in [2.75, 3.05) is 5.32 Å². The zero-order valence-corrected chi connectivity index (χ0v) is 9.85. The second-order valence-corrected chi connectivity index (χ2v) is 4.31. The Bertz CT molecular complexity index is 563. The summed E-state index contributed by atoms with van der Waals surface area (Å²) < 4.78 is 0. The van der Waals surface area contributed by atoms with Crippen molar-refractivity contribution < 1.29 is 0 Å². The number of nitrogens with one attached hydrogen (secondary N) is 1. The number of benzene rings is 2. The van der Waals surface area contributed by atoms with Gasteiger partial charge in [-0.1, -0.05) is 60.1 Å². The van der Waals surface area contributed by atoms with Crippen molar-refractivity contribution in [1.29, 1.82) is 0 Å². The van der Waals surface area contributed by atoms with Gasteiger partial charge in [-0.3, -0.25) is 0 Å². The van der Waals surface area contributed by atoms with E-state index in [9.17, 15) is 0 Å². The Morgan fingerprint density at radius 1 is 0.941 bits per heavy atom. The first kappa shape index (κ1) is 10.4. The van der Waals surface area contributed by atoms with Gasteiger partial charge in [0.25, 0.3) is 0 Å². The number of aliphatic imine (C=N–C) groups is 1. The lowest BCUT2D eigenvalue weighted by atomic mass is 10.1. The van der Waals surface area contributed by atoms with Crippen molar-refractivity contribution in [3.8, 4) is 0 Å². The summed E-state index contributed by atoms with van der Waals surface area (Å²) in [5, 5.41) is 3.31. The highest BCUT2D eigenvalue weighted by Gasteiger charge is 2.19. The largest absolute Gasteiger partial charge is 0.340 e. The molecule has 1 atom stereocenters. The summed E-state index contributed by atoms with van der Waals surface area (Å²) in [5.74, 6) is 0.823. The molecule has 2 aromatic rings. The first-order valence-electron chi connectivity index (χ1n) is 5.48. The SMILES string of the molecule is ClC1N=C(c2ccccc2)Nc2ccccc21. The third kappa shape index (κ3) is 1.92. The summed E-state index contributed by atoms with van der Waals surface area (Å²) in [4.78, 5) is 4.46. The number of para-hydroxylation sites is 1. The smallest absolute Gasteiger partial charge is 0.153 e. The normalized spacial score (nSPS) is 17.9. The number of amidine groups is 1. The minimum absolute atomic E-state index is 0.317. The molecule has 17 heavy (non-hydrogen) atoms. The van der Waals surface area contributed by atoms with E-state index in [1.807, 2.05) is 54.6 Å². The number of halogens is 1. The number of alkyl halides is 1. The van der Waals surface area contributed by atoms with E-state index in [0.717, 1.165) is 22.6 Å². The molecular formula is C14H11ClN2. The van der Waals surface area contributed by atoms with Crippen molar-refractivity contribution in [3.05, 3.63) is 65.7 Å². The molecule has 1 unspecified atom stereocenters. The predicted octanol–water partition coefficient (Wildman–Crippen LogP) is 3.80. The summed E-state index contributed by atoms with van der Waals surface area (Å²) in [6.07, 6.45) is 0. The molecular weight excluding hydrogens is 232 g/mol. The molecule has 84 valence electrons. The van der Waals surface area contributed by atoms with Crippen LogP contribution in [0, 0.1) is 0 Å². The molecule has 2 nitrogen and oxygen atoms in total. The van der Waals surface area contributed by atoms with Crippen molar-refractivity contribution >= 4 is 23.1 Å². The molecule has 0 amide bonds. The molecule has 3 heteroatoms. The Kier molecular flexibility index (Phi) is 2.57. The molecule has 0 saturated heterocycles. The van der Waals surface area contributed by atoms with Gasteiger partial charge in [0.05, 0.1) is 0 Å². The van der Waals surface area contributed by atoms with Gasteiger partial charge < -0.3 is 5.32 Å². The molecule has 3 rings (SSSR count). The summed E-state index contributed by atoms with van der Waals surface area (Å²) in [6.45, 7) is 0. The minimum atomic E-state index is -0.317. The average Bonchev–Trinajstić information content (AvgIpc) is 2.40. The molecule has 0 aliphatic carbocycles. The van der Waals surface area contributed by atoms with Gasteiger partial charge in [0.2, 0.25) is 0 Å².